The molecule has 2 rings (SSSR count). The average Bonchev–Trinajstić information content (AvgIpc) is 2.38. The van der Waals surface area contributed by atoms with Gasteiger partial charge in [0.2, 0.25) is 0 Å². The molecule has 104 valence electrons. The third-order valence-electron chi connectivity index (χ3n) is 2.44. The predicted octanol–water partition coefficient (Wildman–Crippen LogP) is 2.55. The Hall–Kier alpha value is -2.22. The lowest BCUT2D eigenvalue weighted by Gasteiger charge is -2.10. The standard InChI is InChI=1S/C12H9BrF2N4O/c13-5-3-10(7(15)4-6(5)14)19-12-8(16)1-2-9(18-12)11(17)20/h1-4H,16H2,(H2,17,20)(H,18,19). The van der Waals surface area contributed by atoms with E-state index in [-0.39, 0.29) is 27.4 Å². The molecular formula is C12H9BrF2N4O. The molecule has 0 aliphatic rings. The first-order chi connectivity index (χ1) is 9.38. The van der Waals surface area contributed by atoms with Gasteiger partial charge in [0.25, 0.3) is 5.91 Å². The summed E-state index contributed by atoms with van der Waals surface area (Å²) in [5, 5.41) is 2.59. The fourth-order valence-corrected chi connectivity index (χ4v) is 1.80. The van der Waals surface area contributed by atoms with Crippen LogP contribution in [0.2, 0.25) is 0 Å². The fraction of sp³-hybridized carbons (Fsp3) is 0. The molecule has 1 heterocycles. The van der Waals surface area contributed by atoms with E-state index in [0.717, 1.165) is 0 Å². The van der Waals surface area contributed by atoms with Crippen molar-refractivity contribution < 1.29 is 13.6 Å². The molecule has 0 fully saturated rings. The van der Waals surface area contributed by atoms with Crippen LogP contribution in [0.3, 0.4) is 0 Å². The van der Waals surface area contributed by atoms with E-state index in [4.69, 9.17) is 11.5 Å². The summed E-state index contributed by atoms with van der Waals surface area (Å²) < 4.78 is 26.8. The van der Waals surface area contributed by atoms with Gasteiger partial charge in [-0.3, -0.25) is 4.79 Å². The van der Waals surface area contributed by atoms with E-state index in [1.807, 2.05) is 0 Å². The summed E-state index contributed by atoms with van der Waals surface area (Å²) in [5.41, 5.74) is 10.9. The van der Waals surface area contributed by atoms with Crippen LogP contribution in [-0.4, -0.2) is 10.9 Å². The highest BCUT2D eigenvalue weighted by atomic mass is 79.9. The predicted molar refractivity (Wildman–Crippen MR) is 74.5 cm³/mol. The maximum Gasteiger partial charge on any atom is 0.267 e. The van der Waals surface area contributed by atoms with Crippen molar-refractivity contribution in [2.45, 2.75) is 0 Å². The number of primary amides is 1. The largest absolute Gasteiger partial charge is 0.396 e. The van der Waals surface area contributed by atoms with E-state index in [2.05, 4.69) is 26.2 Å². The van der Waals surface area contributed by atoms with Gasteiger partial charge in [-0.15, -0.1) is 0 Å². The number of anilines is 3. The summed E-state index contributed by atoms with van der Waals surface area (Å²) in [5.74, 6) is -2.25. The number of nitrogens with two attached hydrogens (primary N) is 2. The van der Waals surface area contributed by atoms with Crippen LogP contribution in [0.15, 0.2) is 28.7 Å². The Balaban J connectivity index is 2.42. The molecule has 5 N–H and O–H groups in total. The molecule has 5 nitrogen and oxygen atoms in total. The van der Waals surface area contributed by atoms with Gasteiger partial charge in [-0.05, 0) is 34.1 Å². The molecule has 1 amide bonds. The van der Waals surface area contributed by atoms with Crippen molar-refractivity contribution in [3.63, 3.8) is 0 Å². The third kappa shape index (κ3) is 2.85. The highest BCUT2D eigenvalue weighted by molar-refractivity contribution is 9.10. The molecule has 0 atom stereocenters. The Kier molecular flexibility index (Phi) is 3.84. The Morgan fingerprint density at radius 1 is 1.25 bits per heavy atom. The maximum atomic E-state index is 13.6. The van der Waals surface area contributed by atoms with Gasteiger partial charge in [-0.2, -0.15) is 0 Å². The van der Waals surface area contributed by atoms with E-state index in [1.54, 1.807) is 0 Å². The number of halogens is 3. The zero-order chi connectivity index (χ0) is 14.9. The Labute approximate surface area is 121 Å². The molecule has 0 bridgehead atoms. The Morgan fingerprint density at radius 3 is 2.60 bits per heavy atom. The van der Waals surface area contributed by atoms with Crippen molar-refractivity contribution in [3.05, 3.63) is 46.1 Å². The quantitative estimate of drug-likeness (QED) is 0.747. The van der Waals surface area contributed by atoms with Crippen molar-refractivity contribution >= 4 is 39.0 Å². The monoisotopic (exact) mass is 342 g/mol. The van der Waals surface area contributed by atoms with E-state index in [1.165, 1.54) is 18.2 Å². The van der Waals surface area contributed by atoms with Gasteiger partial charge in [0.15, 0.2) is 5.82 Å². The second-order valence-electron chi connectivity index (χ2n) is 3.87. The molecule has 20 heavy (non-hydrogen) atoms. The van der Waals surface area contributed by atoms with Crippen molar-refractivity contribution in [1.82, 2.24) is 4.98 Å². The van der Waals surface area contributed by atoms with Crippen LogP contribution >= 0.6 is 15.9 Å². The normalized spacial score (nSPS) is 10.3. The lowest BCUT2D eigenvalue weighted by molar-refractivity contribution is 0.0996. The van der Waals surface area contributed by atoms with Crippen LogP contribution in [0.4, 0.5) is 26.0 Å². The number of amides is 1. The lowest BCUT2D eigenvalue weighted by Crippen LogP contribution is -2.14. The highest BCUT2D eigenvalue weighted by Gasteiger charge is 2.12. The summed E-state index contributed by atoms with van der Waals surface area (Å²) in [6, 6.07) is 4.66. The first-order valence-electron chi connectivity index (χ1n) is 5.36. The van der Waals surface area contributed by atoms with Gasteiger partial charge >= 0.3 is 0 Å². The van der Waals surface area contributed by atoms with E-state index < -0.39 is 17.5 Å². The van der Waals surface area contributed by atoms with Crippen molar-refractivity contribution in [2.24, 2.45) is 5.73 Å². The molecule has 1 aromatic heterocycles. The minimum atomic E-state index is -0.823. The number of nitrogen functional groups attached to an aromatic ring is 1. The number of nitrogens with one attached hydrogen (secondary N) is 1. The number of hydrogen-bond donors (Lipinski definition) is 3. The smallest absolute Gasteiger partial charge is 0.267 e. The number of rotatable bonds is 3. The number of hydrogen-bond acceptors (Lipinski definition) is 4. The van der Waals surface area contributed by atoms with Gasteiger partial charge in [0, 0.05) is 6.07 Å². The number of carbonyl (C=O) groups is 1. The van der Waals surface area contributed by atoms with E-state index in [0.29, 0.717) is 6.07 Å². The summed E-state index contributed by atoms with van der Waals surface area (Å²) in [4.78, 5) is 14.9. The van der Waals surface area contributed by atoms with Crippen molar-refractivity contribution in [1.29, 1.82) is 0 Å². The summed E-state index contributed by atoms with van der Waals surface area (Å²) in [7, 11) is 0. The third-order valence-corrected chi connectivity index (χ3v) is 3.05. The molecule has 0 radical (unpaired) electrons. The SMILES string of the molecule is NC(=O)c1ccc(N)c(Nc2cc(Br)c(F)cc2F)n1. The number of benzene rings is 1. The molecule has 0 unspecified atom stereocenters. The zero-order valence-corrected chi connectivity index (χ0v) is 11.5. The van der Waals surface area contributed by atoms with Crippen molar-refractivity contribution in [2.75, 3.05) is 11.1 Å². The second kappa shape index (κ2) is 5.41. The maximum absolute atomic E-state index is 13.6. The molecule has 0 saturated carbocycles. The van der Waals surface area contributed by atoms with Crippen LogP contribution in [0.1, 0.15) is 10.5 Å². The topological polar surface area (TPSA) is 94.0 Å². The fourth-order valence-electron chi connectivity index (χ4n) is 1.45. The van der Waals surface area contributed by atoms with Crippen LogP contribution < -0.4 is 16.8 Å². The van der Waals surface area contributed by atoms with Crippen molar-refractivity contribution in [3.8, 4) is 0 Å². The minimum Gasteiger partial charge on any atom is -0.396 e. The van der Waals surface area contributed by atoms with E-state index >= 15 is 0 Å². The lowest BCUT2D eigenvalue weighted by atomic mass is 10.2. The van der Waals surface area contributed by atoms with Gasteiger partial charge in [-0.25, -0.2) is 13.8 Å². The average molecular weight is 343 g/mol. The van der Waals surface area contributed by atoms with Crippen LogP contribution in [0.25, 0.3) is 0 Å². The number of nitrogens with zero attached hydrogens (tertiary/aromatic N) is 1. The highest BCUT2D eigenvalue weighted by Crippen LogP contribution is 2.27. The van der Waals surface area contributed by atoms with Crippen LogP contribution in [0.5, 0.6) is 0 Å². The van der Waals surface area contributed by atoms with Crippen LogP contribution in [0, 0.1) is 11.6 Å². The zero-order valence-electron chi connectivity index (χ0n) is 9.95. The van der Waals surface area contributed by atoms with Gasteiger partial charge in [-0.1, -0.05) is 0 Å². The van der Waals surface area contributed by atoms with Crippen LogP contribution in [-0.2, 0) is 0 Å². The first-order valence-corrected chi connectivity index (χ1v) is 6.15. The molecular weight excluding hydrogens is 334 g/mol. The second-order valence-corrected chi connectivity index (χ2v) is 4.72. The number of pyridine rings is 1. The Morgan fingerprint density at radius 2 is 1.95 bits per heavy atom. The molecule has 2 aromatic rings. The molecule has 0 aliphatic heterocycles. The first kappa shape index (κ1) is 14.2. The van der Waals surface area contributed by atoms with Gasteiger partial charge < -0.3 is 16.8 Å². The minimum absolute atomic E-state index is 0.0247. The van der Waals surface area contributed by atoms with Gasteiger partial charge in [0.1, 0.15) is 17.3 Å². The van der Waals surface area contributed by atoms with Gasteiger partial charge in [0.05, 0.1) is 15.8 Å². The molecule has 8 heteroatoms. The summed E-state index contributed by atoms with van der Waals surface area (Å²) in [6.07, 6.45) is 0. The summed E-state index contributed by atoms with van der Waals surface area (Å²) in [6.45, 7) is 0. The number of aromatic nitrogens is 1. The molecule has 0 saturated heterocycles. The molecule has 0 aliphatic carbocycles. The molecule has 0 spiro atoms. The van der Waals surface area contributed by atoms with E-state index in [9.17, 15) is 13.6 Å². The Bertz CT molecular complexity index is 693. The molecule has 1 aromatic carbocycles. The summed E-state index contributed by atoms with van der Waals surface area (Å²) >= 11 is 2.94. The number of carbonyl (C=O) groups excluding carboxylic acids is 1.